The van der Waals surface area contributed by atoms with Crippen LogP contribution in [0.2, 0.25) is 0 Å². The van der Waals surface area contributed by atoms with Crippen LogP contribution >= 0.6 is 0 Å². The number of ether oxygens (including phenoxy) is 1. The lowest BCUT2D eigenvalue weighted by Gasteiger charge is -2.30. The van der Waals surface area contributed by atoms with Gasteiger partial charge >= 0.3 is 5.97 Å². The lowest BCUT2D eigenvalue weighted by atomic mass is 9.96. The molecule has 1 aromatic heterocycles. The van der Waals surface area contributed by atoms with Gasteiger partial charge in [-0.3, -0.25) is 14.3 Å². The van der Waals surface area contributed by atoms with Crippen LogP contribution in [-0.4, -0.2) is 52.2 Å². The van der Waals surface area contributed by atoms with Crippen molar-refractivity contribution in [3.8, 4) is 0 Å². The van der Waals surface area contributed by atoms with Gasteiger partial charge in [-0.25, -0.2) is 4.79 Å². The molecule has 2 aromatic rings. The highest BCUT2D eigenvalue weighted by atomic mass is 16.5. The van der Waals surface area contributed by atoms with E-state index < -0.39 is 5.97 Å². The van der Waals surface area contributed by atoms with Crippen molar-refractivity contribution in [1.29, 1.82) is 0 Å². The van der Waals surface area contributed by atoms with Crippen LogP contribution in [0.3, 0.4) is 0 Å². The summed E-state index contributed by atoms with van der Waals surface area (Å²) in [5.74, 6) is -1.39. The minimum atomic E-state index is -0.596. The minimum absolute atomic E-state index is 0.188. The van der Waals surface area contributed by atoms with Crippen molar-refractivity contribution in [3.05, 3.63) is 59.9 Å². The van der Waals surface area contributed by atoms with Crippen LogP contribution in [-0.2, 0) is 25.7 Å². The second-order valence-corrected chi connectivity index (χ2v) is 6.96. The second-order valence-electron chi connectivity index (χ2n) is 6.96. The fourth-order valence-corrected chi connectivity index (χ4v) is 3.17. The van der Waals surface area contributed by atoms with Gasteiger partial charge in [-0.2, -0.15) is 5.10 Å². The van der Waals surface area contributed by atoms with Crippen molar-refractivity contribution < 1.29 is 19.1 Å². The van der Waals surface area contributed by atoms with Gasteiger partial charge in [-0.05, 0) is 24.5 Å². The third-order valence-corrected chi connectivity index (χ3v) is 4.84. The summed E-state index contributed by atoms with van der Waals surface area (Å²) in [5, 5.41) is 4.26. The molecule has 2 amide bonds. The van der Waals surface area contributed by atoms with Gasteiger partial charge in [0.25, 0.3) is 5.91 Å². The molecule has 0 saturated carbocycles. The van der Waals surface area contributed by atoms with Crippen molar-refractivity contribution in [3.63, 3.8) is 0 Å². The maximum absolute atomic E-state index is 12.1. The molecular weight excluding hydrogens is 372 g/mol. The fourth-order valence-electron chi connectivity index (χ4n) is 3.17. The number of piperidine rings is 1. The maximum Gasteiger partial charge on any atom is 0.331 e. The van der Waals surface area contributed by atoms with Crippen LogP contribution in [0.5, 0.6) is 0 Å². The molecule has 0 aliphatic carbocycles. The van der Waals surface area contributed by atoms with Crippen LogP contribution in [0.15, 0.2) is 48.8 Å². The first-order chi connectivity index (χ1) is 14.0. The molecule has 8 nitrogen and oxygen atoms in total. The molecule has 0 atom stereocenters. The van der Waals surface area contributed by atoms with Gasteiger partial charge in [-0.15, -0.1) is 0 Å². The predicted molar refractivity (Wildman–Crippen MR) is 106 cm³/mol. The van der Waals surface area contributed by atoms with Gasteiger partial charge in [0.15, 0.2) is 6.61 Å². The molecule has 0 bridgehead atoms. The number of amides is 2. The molecule has 0 radical (unpaired) electrons. The molecule has 152 valence electrons. The van der Waals surface area contributed by atoms with E-state index >= 15 is 0 Å². The molecule has 1 fully saturated rings. The van der Waals surface area contributed by atoms with Crippen LogP contribution in [0.4, 0.5) is 0 Å². The van der Waals surface area contributed by atoms with Gasteiger partial charge < -0.3 is 15.4 Å². The number of carbonyl (C=O) groups is 3. The molecule has 1 saturated heterocycles. The highest BCUT2D eigenvalue weighted by molar-refractivity contribution is 5.89. The van der Waals surface area contributed by atoms with Crippen molar-refractivity contribution in [2.24, 2.45) is 11.7 Å². The highest BCUT2D eigenvalue weighted by Gasteiger charge is 2.26. The van der Waals surface area contributed by atoms with Crippen molar-refractivity contribution in [2.75, 3.05) is 19.7 Å². The SMILES string of the molecule is NC(=O)C1CCN(C(=O)COC(=O)/C=C/c2cnn(Cc3ccccc3)c2)CC1. The Bertz CT molecular complexity index is 883. The summed E-state index contributed by atoms with van der Waals surface area (Å²) in [6.07, 6.45) is 7.44. The first-order valence-corrected chi connectivity index (χ1v) is 9.49. The Morgan fingerprint density at radius 1 is 1.17 bits per heavy atom. The zero-order valence-electron chi connectivity index (χ0n) is 16.1. The van der Waals surface area contributed by atoms with Gasteiger partial charge in [0.05, 0.1) is 12.7 Å². The van der Waals surface area contributed by atoms with Crippen LogP contribution in [0.25, 0.3) is 6.08 Å². The van der Waals surface area contributed by atoms with E-state index in [9.17, 15) is 14.4 Å². The molecule has 29 heavy (non-hydrogen) atoms. The van der Waals surface area contributed by atoms with Crippen molar-refractivity contribution in [1.82, 2.24) is 14.7 Å². The quantitative estimate of drug-likeness (QED) is 0.559. The average Bonchev–Trinajstić information content (AvgIpc) is 3.18. The Kier molecular flexibility index (Phi) is 6.78. The van der Waals surface area contributed by atoms with E-state index in [4.69, 9.17) is 10.5 Å². The van der Waals surface area contributed by atoms with E-state index in [0.717, 1.165) is 11.1 Å². The third-order valence-electron chi connectivity index (χ3n) is 4.84. The molecule has 1 aromatic carbocycles. The highest BCUT2D eigenvalue weighted by Crippen LogP contribution is 2.16. The Morgan fingerprint density at radius 2 is 1.90 bits per heavy atom. The number of benzene rings is 1. The molecule has 1 aliphatic heterocycles. The Hall–Kier alpha value is -3.42. The molecular formula is C21H24N4O4. The number of carbonyl (C=O) groups excluding carboxylic acids is 3. The first kappa shape index (κ1) is 20.3. The number of nitrogens with zero attached hydrogens (tertiary/aromatic N) is 3. The molecule has 8 heteroatoms. The number of esters is 1. The van der Waals surface area contributed by atoms with Crippen molar-refractivity contribution in [2.45, 2.75) is 19.4 Å². The number of primary amides is 1. The average molecular weight is 396 g/mol. The number of nitrogens with two attached hydrogens (primary N) is 1. The van der Waals surface area contributed by atoms with Crippen LogP contribution in [0.1, 0.15) is 24.0 Å². The zero-order chi connectivity index (χ0) is 20.6. The number of rotatable bonds is 7. The fraction of sp³-hybridized carbons (Fsp3) is 0.333. The molecule has 1 aliphatic rings. The van der Waals surface area contributed by atoms with E-state index in [-0.39, 0.29) is 24.3 Å². The topological polar surface area (TPSA) is 108 Å². The number of likely N-dealkylation sites (tertiary alicyclic amines) is 1. The smallest absolute Gasteiger partial charge is 0.331 e. The molecule has 2 N–H and O–H groups in total. The van der Waals surface area contributed by atoms with E-state index in [1.807, 2.05) is 36.5 Å². The molecule has 3 rings (SSSR count). The molecule has 0 spiro atoms. The van der Waals surface area contributed by atoms with Gasteiger partial charge in [-0.1, -0.05) is 30.3 Å². The molecule has 2 heterocycles. The summed E-state index contributed by atoms with van der Waals surface area (Å²) in [5.41, 5.74) is 7.17. The van der Waals surface area contributed by atoms with E-state index in [0.29, 0.717) is 32.5 Å². The Balaban J connectivity index is 1.42. The summed E-state index contributed by atoms with van der Waals surface area (Å²) in [7, 11) is 0. The normalized spacial score (nSPS) is 14.8. The van der Waals surface area contributed by atoms with Gasteiger partial charge in [0.1, 0.15) is 0 Å². The lowest BCUT2D eigenvalue weighted by molar-refractivity contribution is -0.149. The monoisotopic (exact) mass is 396 g/mol. The van der Waals surface area contributed by atoms with E-state index in [1.54, 1.807) is 21.9 Å². The number of aromatic nitrogens is 2. The molecule has 0 unspecified atom stereocenters. The summed E-state index contributed by atoms with van der Waals surface area (Å²) < 4.78 is 6.80. The zero-order valence-corrected chi connectivity index (χ0v) is 16.1. The maximum atomic E-state index is 12.1. The predicted octanol–water partition coefficient (Wildman–Crippen LogP) is 1.21. The first-order valence-electron chi connectivity index (χ1n) is 9.49. The minimum Gasteiger partial charge on any atom is -0.452 e. The Morgan fingerprint density at radius 3 is 2.59 bits per heavy atom. The van der Waals surface area contributed by atoms with E-state index in [2.05, 4.69) is 5.10 Å². The number of hydrogen-bond acceptors (Lipinski definition) is 5. The standard InChI is InChI=1S/C21H24N4O4/c22-21(28)18-8-10-24(11-9-18)19(26)15-29-20(27)7-6-17-12-23-25(14-17)13-16-4-2-1-3-5-16/h1-7,12,14,18H,8-11,13,15H2,(H2,22,28)/b7-6+. The lowest BCUT2D eigenvalue weighted by Crippen LogP contribution is -2.43. The van der Waals surface area contributed by atoms with Crippen LogP contribution < -0.4 is 5.73 Å². The van der Waals surface area contributed by atoms with E-state index in [1.165, 1.54) is 6.08 Å². The van der Waals surface area contributed by atoms with Gasteiger partial charge in [0.2, 0.25) is 5.91 Å². The second kappa shape index (κ2) is 9.68. The largest absolute Gasteiger partial charge is 0.452 e. The van der Waals surface area contributed by atoms with Crippen LogP contribution in [0, 0.1) is 5.92 Å². The summed E-state index contributed by atoms with van der Waals surface area (Å²) in [6.45, 7) is 1.21. The number of hydrogen-bond donors (Lipinski definition) is 1. The summed E-state index contributed by atoms with van der Waals surface area (Å²) in [6, 6.07) is 9.93. The van der Waals surface area contributed by atoms with Crippen molar-refractivity contribution >= 4 is 23.9 Å². The third kappa shape index (κ3) is 6.03. The van der Waals surface area contributed by atoms with Gasteiger partial charge in [0, 0.05) is 36.8 Å². The summed E-state index contributed by atoms with van der Waals surface area (Å²) in [4.78, 5) is 36.8. The summed E-state index contributed by atoms with van der Waals surface area (Å²) >= 11 is 0. The Labute approximate surface area is 168 Å².